The van der Waals surface area contributed by atoms with Crippen LogP contribution in [0.2, 0.25) is 0 Å². The minimum absolute atomic E-state index is 0.189. The van der Waals surface area contributed by atoms with Crippen molar-refractivity contribution in [2.45, 2.75) is 34.1 Å². The van der Waals surface area contributed by atoms with Gasteiger partial charge >= 0.3 is 11.9 Å². The minimum atomic E-state index is -1.33. The molecule has 0 saturated carbocycles. The van der Waals surface area contributed by atoms with Crippen LogP contribution in [-0.2, 0) is 19.1 Å². The van der Waals surface area contributed by atoms with Gasteiger partial charge in [0, 0.05) is 5.54 Å². The lowest BCUT2D eigenvalue weighted by Crippen LogP contribution is -2.39. The minimum Gasteiger partial charge on any atom is -0.465 e. The number of carbonyl (C=O) groups is 2. The number of allylic oxidation sites excluding steroid dienone is 1. The first-order valence-electron chi connectivity index (χ1n) is 5.52. The summed E-state index contributed by atoms with van der Waals surface area (Å²) < 4.78 is 9.82. The molecule has 5 heteroatoms. The summed E-state index contributed by atoms with van der Waals surface area (Å²) in [4.78, 5) is 23.7. The van der Waals surface area contributed by atoms with Crippen molar-refractivity contribution in [2.75, 3.05) is 13.2 Å². The molecule has 0 heterocycles. The first-order valence-corrected chi connectivity index (χ1v) is 5.96. The van der Waals surface area contributed by atoms with Gasteiger partial charge in [-0.05, 0) is 34.1 Å². The first kappa shape index (κ1) is 16.0. The molecule has 0 bridgehead atoms. The molecule has 17 heavy (non-hydrogen) atoms. The maximum absolute atomic E-state index is 11.8. The van der Waals surface area contributed by atoms with Crippen LogP contribution in [0.5, 0.6) is 0 Å². The second kappa shape index (κ2) is 7.33. The molecule has 0 aromatic rings. The van der Waals surface area contributed by atoms with E-state index in [-0.39, 0.29) is 19.6 Å². The largest absolute Gasteiger partial charge is 0.465 e. The molecule has 0 saturated heterocycles. The average Bonchev–Trinajstić information content (AvgIpc) is 2.29. The third kappa shape index (κ3) is 4.38. The average molecular weight is 263 g/mol. The summed E-state index contributed by atoms with van der Waals surface area (Å²) in [7, 11) is 0. The van der Waals surface area contributed by atoms with Crippen LogP contribution in [0, 0.1) is 5.41 Å². The Morgan fingerprint density at radius 2 is 1.59 bits per heavy atom. The Hall–Kier alpha value is -1.03. The monoisotopic (exact) mass is 262 g/mol. The Morgan fingerprint density at radius 1 is 1.18 bits per heavy atom. The highest BCUT2D eigenvalue weighted by molar-refractivity contribution is 6.25. The molecule has 0 rings (SSSR count). The molecule has 0 amide bonds. The molecule has 0 atom stereocenters. The van der Waals surface area contributed by atoms with Crippen molar-refractivity contribution in [3.05, 3.63) is 11.1 Å². The Morgan fingerprint density at radius 3 is 1.88 bits per heavy atom. The van der Waals surface area contributed by atoms with Gasteiger partial charge in [0.2, 0.25) is 0 Å². The van der Waals surface area contributed by atoms with Gasteiger partial charge < -0.3 is 9.47 Å². The van der Waals surface area contributed by atoms with Crippen LogP contribution < -0.4 is 0 Å². The van der Waals surface area contributed by atoms with Gasteiger partial charge in [-0.15, -0.1) is 0 Å². The third-order valence-corrected chi connectivity index (χ3v) is 2.64. The Balaban J connectivity index is 5.05. The van der Waals surface area contributed by atoms with E-state index in [1.807, 2.05) is 0 Å². The van der Waals surface area contributed by atoms with Crippen LogP contribution >= 0.6 is 11.6 Å². The summed E-state index contributed by atoms with van der Waals surface area (Å²) in [6, 6.07) is 0. The predicted octanol–water partition coefficient (Wildman–Crippen LogP) is 2.65. The molecule has 0 radical (unpaired) electrons. The van der Waals surface area contributed by atoms with Gasteiger partial charge in [-0.3, -0.25) is 9.59 Å². The summed E-state index contributed by atoms with van der Waals surface area (Å²) in [6.45, 7) is 7.06. The highest BCUT2D eigenvalue weighted by atomic mass is 35.5. The fraction of sp³-hybridized carbons (Fsp3) is 0.667. The summed E-state index contributed by atoms with van der Waals surface area (Å²) in [5, 5.41) is 0. The van der Waals surface area contributed by atoms with Crippen LogP contribution in [0.25, 0.3) is 0 Å². The molecule has 0 spiro atoms. The number of ether oxygens (including phenoxy) is 2. The maximum Gasteiger partial charge on any atom is 0.323 e. The molecular formula is C12H19ClO4. The quantitative estimate of drug-likeness (QED) is 0.545. The van der Waals surface area contributed by atoms with Crippen LogP contribution in [0.4, 0.5) is 0 Å². The molecule has 0 N–H and O–H groups in total. The zero-order chi connectivity index (χ0) is 13.5. The van der Waals surface area contributed by atoms with E-state index >= 15 is 0 Å². The maximum atomic E-state index is 11.8. The van der Waals surface area contributed by atoms with Crippen molar-refractivity contribution >= 4 is 23.5 Å². The fourth-order valence-corrected chi connectivity index (χ4v) is 1.48. The Bertz CT molecular complexity index is 292. The highest BCUT2D eigenvalue weighted by Gasteiger charge is 2.44. The lowest BCUT2D eigenvalue weighted by Gasteiger charge is -2.25. The van der Waals surface area contributed by atoms with Crippen molar-refractivity contribution in [3.63, 3.8) is 0 Å². The van der Waals surface area contributed by atoms with E-state index in [2.05, 4.69) is 0 Å². The van der Waals surface area contributed by atoms with Crippen molar-refractivity contribution in [1.82, 2.24) is 0 Å². The predicted molar refractivity (Wildman–Crippen MR) is 65.6 cm³/mol. The molecule has 0 aromatic carbocycles. The van der Waals surface area contributed by atoms with Crippen molar-refractivity contribution < 1.29 is 19.1 Å². The molecule has 4 nitrogen and oxygen atoms in total. The van der Waals surface area contributed by atoms with E-state index in [1.54, 1.807) is 20.8 Å². The van der Waals surface area contributed by atoms with Crippen LogP contribution in [0.15, 0.2) is 11.1 Å². The lowest BCUT2D eigenvalue weighted by atomic mass is 9.84. The number of halogens is 1. The Labute approximate surface area is 107 Å². The molecule has 0 aliphatic rings. The Kier molecular flexibility index (Phi) is 6.88. The molecule has 0 aromatic heterocycles. The van der Waals surface area contributed by atoms with Gasteiger partial charge in [-0.25, -0.2) is 0 Å². The van der Waals surface area contributed by atoms with Gasteiger partial charge in [0.1, 0.15) is 0 Å². The second-order valence-corrected chi connectivity index (χ2v) is 4.12. The van der Waals surface area contributed by atoms with E-state index in [0.717, 1.165) is 5.57 Å². The standard InChI is InChI=1S/C12H19ClO4/c1-5-16-10(14)12(4,7-9(3)8-13)11(15)17-6-2/h8H,5-7H2,1-4H3. The zero-order valence-electron chi connectivity index (χ0n) is 10.7. The van der Waals surface area contributed by atoms with Gasteiger partial charge in [0.15, 0.2) is 5.41 Å². The number of hydrogen-bond acceptors (Lipinski definition) is 4. The molecule has 98 valence electrons. The van der Waals surface area contributed by atoms with Gasteiger partial charge in [0.25, 0.3) is 0 Å². The fourth-order valence-electron chi connectivity index (χ4n) is 1.40. The smallest absolute Gasteiger partial charge is 0.323 e. The number of rotatable bonds is 6. The second-order valence-electron chi connectivity index (χ2n) is 3.91. The van der Waals surface area contributed by atoms with Crippen molar-refractivity contribution in [3.8, 4) is 0 Å². The van der Waals surface area contributed by atoms with E-state index in [4.69, 9.17) is 21.1 Å². The number of carbonyl (C=O) groups excluding carboxylic acids is 2. The van der Waals surface area contributed by atoms with Gasteiger partial charge in [-0.2, -0.15) is 0 Å². The first-order chi connectivity index (χ1) is 7.92. The normalized spacial score (nSPS) is 12.2. The van der Waals surface area contributed by atoms with E-state index in [9.17, 15) is 9.59 Å². The van der Waals surface area contributed by atoms with Crippen LogP contribution in [0.3, 0.4) is 0 Å². The van der Waals surface area contributed by atoms with Crippen molar-refractivity contribution in [2.24, 2.45) is 5.41 Å². The van der Waals surface area contributed by atoms with Crippen LogP contribution in [-0.4, -0.2) is 25.2 Å². The van der Waals surface area contributed by atoms with Gasteiger partial charge in [0.05, 0.1) is 13.2 Å². The lowest BCUT2D eigenvalue weighted by molar-refractivity contribution is -0.170. The molecule has 0 aliphatic heterocycles. The summed E-state index contributed by atoms with van der Waals surface area (Å²) in [6.07, 6.45) is 0.189. The number of esters is 2. The summed E-state index contributed by atoms with van der Waals surface area (Å²) >= 11 is 5.56. The van der Waals surface area contributed by atoms with Crippen LogP contribution in [0.1, 0.15) is 34.1 Å². The molecule has 0 fully saturated rings. The third-order valence-electron chi connectivity index (χ3n) is 2.27. The SMILES string of the molecule is CCOC(=O)C(C)(CC(C)=CCl)C(=O)OCC. The summed E-state index contributed by atoms with van der Waals surface area (Å²) in [5.41, 5.74) is 0.730. The molecular weight excluding hydrogens is 244 g/mol. The van der Waals surface area contributed by atoms with E-state index in [0.29, 0.717) is 0 Å². The zero-order valence-corrected chi connectivity index (χ0v) is 11.5. The number of hydrogen-bond donors (Lipinski definition) is 0. The van der Waals surface area contributed by atoms with E-state index < -0.39 is 17.4 Å². The van der Waals surface area contributed by atoms with E-state index in [1.165, 1.54) is 12.5 Å². The highest BCUT2D eigenvalue weighted by Crippen LogP contribution is 2.29. The molecule has 0 unspecified atom stereocenters. The topological polar surface area (TPSA) is 52.6 Å². The summed E-state index contributed by atoms with van der Waals surface area (Å²) in [5.74, 6) is -1.17. The van der Waals surface area contributed by atoms with Gasteiger partial charge in [-0.1, -0.05) is 17.2 Å². The molecule has 0 aliphatic carbocycles. The van der Waals surface area contributed by atoms with Crippen molar-refractivity contribution in [1.29, 1.82) is 0 Å².